The average molecular weight is 303 g/mol. The fourth-order valence-electron chi connectivity index (χ4n) is 2.74. The van der Waals surface area contributed by atoms with Gasteiger partial charge in [-0.2, -0.15) is 4.39 Å². The average Bonchev–Trinajstić information content (AvgIpc) is 3.03. The van der Waals surface area contributed by atoms with Gasteiger partial charge in [-0.25, -0.2) is 14.8 Å². The van der Waals surface area contributed by atoms with Gasteiger partial charge in [0.2, 0.25) is 5.95 Å². The lowest BCUT2D eigenvalue weighted by Gasteiger charge is -2.32. The van der Waals surface area contributed by atoms with Crippen LogP contribution in [0.2, 0.25) is 0 Å². The lowest BCUT2D eigenvalue weighted by atomic mass is 9.98. The van der Waals surface area contributed by atoms with E-state index in [1.807, 2.05) is 10.8 Å². The molecule has 1 aliphatic rings. The van der Waals surface area contributed by atoms with E-state index in [0.717, 1.165) is 25.9 Å². The van der Waals surface area contributed by atoms with Crippen molar-refractivity contribution in [2.45, 2.75) is 19.4 Å². The summed E-state index contributed by atoms with van der Waals surface area (Å²) in [4.78, 5) is 21.6. The van der Waals surface area contributed by atoms with Crippen LogP contribution in [0.1, 0.15) is 12.8 Å². The molecular formula is C15H18FN5O. The van der Waals surface area contributed by atoms with E-state index in [4.69, 9.17) is 0 Å². The Balaban J connectivity index is 1.56. The van der Waals surface area contributed by atoms with Crippen molar-refractivity contribution in [3.63, 3.8) is 0 Å². The Hall–Kier alpha value is -2.44. The second-order valence-electron chi connectivity index (χ2n) is 5.51. The molecule has 116 valence electrons. The third-order valence-corrected chi connectivity index (χ3v) is 3.81. The smallest absolute Gasteiger partial charge is 0.321 e. The molecule has 0 spiro atoms. The van der Waals surface area contributed by atoms with Crippen LogP contribution in [0.3, 0.4) is 0 Å². The second kappa shape index (κ2) is 6.55. The minimum Gasteiger partial charge on any atom is -0.337 e. The summed E-state index contributed by atoms with van der Waals surface area (Å²) in [5.74, 6) is -0.142. The van der Waals surface area contributed by atoms with Gasteiger partial charge in [0.15, 0.2) is 0 Å². The highest BCUT2D eigenvalue weighted by Crippen LogP contribution is 2.19. The summed E-state index contributed by atoms with van der Waals surface area (Å²) in [5, 5.41) is 2.76. The van der Waals surface area contributed by atoms with Gasteiger partial charge in [0.05, 0.1) is 18.2 Å². The van der Waals surface area contributed by atoms with Gasteiger partial charge in [-0.3, -0.25) is 0 Å². The first-order valence-corrected chi connectivity index (χ1v) is 7.34. The Labute approximate surface area is 128 Å². The van der Waals surface area contributed by atoms with E-state index in [-0.39, 0.29) is 6.03 Å². The van der Waals surface area contributed by atoms with Crippen molar-refractivity contribution >= 4 is 11.7 Å². The minimum atomic E-state index is -0.559. The molecule has 7 heteroatoms. The highest BCUT2D eigenvalue weighted by Gasteiger charge is 2.24. The number of rotatable bonds is 3. The van der Waals surface area contributed by atoms with Crippen molar-refractivity contribution in [3.05, 3.63) is 43.0 Å². The predicted octanol–water partition coefficient (Wildman–Crippen LogP) is 2.36. The number of pyridine rings is 1. The van der Waals surface area contributed by atoms with Gasteiger partial charge >= 0.3 is 6.03 Å². The number of carbonyl (C=O) groups is 1. The summed E-state index contributed by atoms with van der Waals surface area (Å²) >= 11 is 0. The second-order valence-corrected chi connectivity index (χ2v) is 5.51. The molecule has 1 aliphatic heterocycles. The first kappa shape index (κ1) is 14.5. The zero-order valence-corrected chi connectivity index (χ0v) is 12.2. The monoisotopic (exact) mass is 303 g/mol. The Kier molecular flexibility index (Phi) is 4.32. The molecule has 1 atom stereocenters. The van der Waals surface area contributed by atoms with Gasteiger partial charge in [0.25, 0.3) is 0 Å². The summed E-state index contributed by atoms with van der Waals surface area (Å²) < 4.78 is 14.8. The largest absolute Gasteiger partial charge is 0.337 e. The number of urea groups is 1. The van der Waals surface area contributed by atoms with E-state index >= 15 is 0 Å². The summed E-state index contributed by atoms with van der Waals surface area (Å²) in [7, 11) is 0. The molecule has 0 aliphatic carbocycles. The van der Waals surface area contributed by atoms with E-state index < -0.39 is 5.95 Å². The maximum absolute atomic E-state index is 12.8. The van der Waals surface area contributed by atoms with E-state index in [2.05, 4.69) is 15.3 Å². The zero-order chi connectivity index (χ0) is 15.4. The molecule has 6 nitrogen and oxygen atoms in total. The summed E-state index contributed by atoms with van der Waals surface area (Å²) in [6.07, 6.45) is 8.88. The Morgan fingerprint density at radius 1 is 1.45 bits per heavy atom. The summed E-state index contributed by atoms with van der Waals surface area (Å²) in [6.45, 7) is 2.31. The van der Waals surface area contributed by atoms with Crippen LogP contribution in [0.5, 0.6) is 0 Å². The summed E-state index contributed by atoms with van der Waals surface area (Å²) in [5.41, 5.74) is 0.503. The third kappa shape index (κ3) is 3.60. The molecule has 2 amide bonds. The lowest BCUT2D eigenvalue weighted by molar-refractivity contribution is 0.170. The Bertz CT molecular complexity index is 613. The van der Waals surface area contributed by atoms with Crippen LogP contribution in [-0.2, 0) is 6.54 Å². The fourth-order valence-corrected chi connectivity index (χ4v) is 2.74. The molecule has 3 heterocycles. The van der Waals surface area contributed by atoms with E-state index in [0.29, 0.717) is 18.2 Å². The van der Waals surface area contributed by atoms with Crippen LogP contribution in [0, 0.1) is 11.9 Å². The van der Waals surface area contributed by atoms with Gasteiger partial charge in [-0.05, 0) is 30.9 Å². The quantitative estimate of drug-likeness (QED) is 0.885. The van der Waals surface area contributed by atoms with Crippen LogP contribution >= 0.6 is 0 Å². The third-order valence-electron chi connectivity index (χ3n) is 3.81. The van der Waals surface area contributed by atoms with E-state index in [9.17, 15) is 9.18 Å². The molecule has 22 heavy (non-hydrogen) atoms. The number of carbonyl (C=O) groups excluding carboxylic acids is 1. The lowest BCUT2D eigenvalue weighted by Crippen LogP contribution is -2.43. The van der Waals surface area contributed by atoms with Crippen molar-refractivity contribution in [3.8, 4) is 0 Å². The van der Waals surface area contributed by atoms with Gasteiger partial charge < -0.3 is 14.8 Å². The number of hydrogen-bond acceptors (Lipinski definition) is 3. The van der Waals surface area contributed by atoms with Gasteiger partial charge in [-0.15, -0.1) is 0 Å². The van der Waals surface area contributed by atoms with Crippen molar-refractivity contribution in [1.29, 1.82) is 0 Å². The van der Waals surface area contributed by atoms with Crippen LogP contribution < -0.4 is 5.32 Å². The number of aromatic nitrogens is 3. The Morgan fingerprint density at radius 2 is 2.36 bits per heavy atom. The number of piperidine rings is 1. The Morgan fingerprint density at radius 3 is 3.09 bits per heavy atom. The number of hydrogen-bond donors (Lipinski definition) is 1. The highest BCUT2D eigenvalue weighted by atomic mass is 19.1. The number of halogens is 1. The summed E-state index contributed by atoms with van der Waals surface area (Å²) in [6, 6.07) is 2.57. The molecular weight excluding hydrogens is 285 g/mol. The van der Waals surface area contributed by atoms with E-state index in [1.54, 1.807) is 17.4 Å². The molecule has 0 unspecified atom stereocenters. The molecule has 0 aromatic carbocycles. The van der Waals surface area contributed by atoms with Gasteiger partial charge in [0.1, 0.15) is 0 Å². The topological polar surface area (TPSA) is 63.1 Å². The standard InChI is InChI=1S/C15H18FN5O/c16-14-4-3-13(8-18-14)19-15(22)21-6-1-2-12(10-21)9-20-7-5-17-11-20/h3-5,7-8,11-12H,1-2,6,9-10H2,(H,19,22)/t12-/m1/s1. The molecule has 1 fully saturated rings. The van der Waals surface area contributed by atoms with Crippen molar-refractivity contribution in [1.82, 2.24) is 19.4 Å². The molecule has 2 aromatic rings. The van der Waals surface area contributed by atoms with Crippen molar-refractivity contribution in [2.24, 2.45) is 5.92 Å². The first-order valence-electron chi connectivity index (χ1n) is 7.34. The number of nitrogens with zero attached hydrogens (tertiary/aromatic N) is 4. The number of imidazole rings is 1. The van der Waals surface area contributed by atoms with Crippen LogP contribution in [-0.4, -0.2) is 38.6 Å². The van der Waals surface area contributed by atoms with Crippen LogP contribution in [0.15, 0.2) is 37.1 Å². The number of amides is 2. The molecule has 0 radical (unpaired) electrons. The molecule has 2 aromatic heterocycles. The fraction of sp³-hybridized carbons (Fsp3) is 0.400. The maximum Gasteiger partial charge on any atom is 0.321 e. The van der Waals surface area contributed by atoms with Crippen molar-refractivity contribution in [2.75, 3.05) is 18.4 Å². The predicted molar refractivity (Wildman–Crippen MR) is 79.7 cm³/mol. The van der Waals surface area contributed by atoms with Gasteiger partial charge in [0, 0.05) is 32.0 Å². The number of likely N-dealkylation sites (tertiary alicyclic amines) is 1. The first-order chi connectivity index (χ1) is 10.7. The van der Waals surface area contributed by atoms with Crippen LogP contribution in [0.25, 0.3) is 0 Å². The number of nitrogens with one attached hydrogen (secondary N) is 1. The molecule has 3 rings (SSSR count). The molecule has 1 N–H and O–H groups in total. The van der Waals surface area contributed by atoms with Crippen LogP contribution in [0.4, 0.5) is 14.9 Å². The number of anilines is 1. The maximum atomic E-state index is 12.8. The highest BCUT2D eigenvalue weighted by molar-refractivity contribution is 5.89. The van der Waals surface area contributed by atoms with Crippen molar-refractivity contribution < 1.29 is 9.18 Å². The molecule has 0 bridgehead atoms. The normalized spacial score (nSPS) is 18.2. The minimum absolute atomic E-state index is 0.163. The molecule has 1 saturated heterocycles. The van der Waals surface area contributed by atoms with E-state index in [1.165, 1.54) is 18.3 Å². The zero-order valence-electron chi connectivity index (χ0n) is 12.2. The SMILES string of the molecule is O=C(Nc1ccc(F)nc1)N1CCC[C@H](Cn2ccnc2)C1. The van der Waals surface area contributed by atoms with Gasteiger partial charge in [-0.1, -0.05) is 0 Å². The molecule has 0 saturated carbocycles.